The van der Waals surface area contributed by atoms with Gasteiger partial charge in [-0.25, -0.2) is 13.6 Å². The molecule has 1 heterocycles. The largest absolute Gasteiger partial charge is 0.479 e. The van der Waals surface area contributed by atoms with Gasteiger partial charge >= 0.3 is 5.97 Å². The number of halogens is 3. The Morgan fingerprint density at radius 2 is 2.00 bits per heavy atom. The van der Waals surface area contributed by atoms with E-state index in [9.17, 15) is 13.6 Å². The van der Waals surface area contributed by atoms with E-state index in [2.05, 4.69) is 0 Å². The monoisotopic (exact) mass is 234 g/mol. The molecule has 0 saturated carbocycles. The lowest BCUT2D eigenvalue weighted by molar-refractivity contribution is -0.138. The van der Waals surface area contributed by atoms with Crippen LogP contribution >= 0.6 is 11.6 Å². The first-order valence-electron chi connectivity index (χ1n) is 4.03. The van der Waals surface area contributed by atoms with Crippen molar-refractivity contribution in [3.63, 3.8) is 0 Å². The van der Waals surface area contributed by atoms with Crippen LogP contribution in [0.4, 0.5) is 8.78 Å². The number of hydrogen-bond acceptors (Lipinski definition) is 2. The van der Waals surface area contributed by atoms with Crippen LogP contribution in [0.5, 0.6) is 0 Å². The van der Waals surface area contributed by atoms with Crippen LogP contribution in [0.3, 0.4) is 0 Å². The topological polar surface area (TPSA) is 49.8 Å². The lowest BCUT2D eigenvalue weighted by atomic mass is 10.1. The summed E-state index contributed by atoms with van der Waals surface area (Å²) in [7, 11) is 0. The van der Waals surface area contributed by atoms with Crippen molar-refractivity contribution in [3.05, 3.63) is 34.4 Å². The minimum absolute atomic E-state index is 0.0392. The fourth-order valence-corrected chi connectivity index (χ4v) is 1.55. The molecule has 1 aromatic carbocycles. The summed E-state index contributed by atoms with van der Waals surface area (Å²) < 4.78 is 30.3. The van der Waals surface area contributed by atoms with Crippen LogP contribution in [0.25, 0.3) is 0 Å². The fraction of sp³-hybridized carbons (Fsp3) is 0.222. The Morgan fingerprint density at radius 1 is 1.40 bits per heavy atom. The SMILES string of the molecule is O=C(O)[C@H]1O[C@@H]1c1cc(F)c(F)cc1Cl. The Kier molecular flexibility index (Phi) is 2.36. The summed E-state index contributed by atoms with van der Waals surface area (Å²) in [6, 6.07) is 1.65. The maximum absolute atomic E-state index is 12.8. The number of carboxylic acid groups (broad SMARTS) is 1. The zero-order valence-electron chi connectivity index (χ0n) is 7.21. The fourth-order valence-electron chi connectivity index (χ4n) is 1.29. The molecule has 2 rings (SSSR count). The number of aliphatic carboxylic acids is 1. The molecule has 0 aromatic heterocycles. The van der Waals surface area contributed by atoms with Gasteiger partial charge < -0.3 is 9.84 Å². The first kappa shape index (κ1) is 10.3. The zero-order valence-corrected chi connectivity index (χ0v) is 7.96. The highest BCUT2D eigenvalue weighted by Gasteiger charge is 2.47. The summed E-state index contributed by atoms with van der Waals surface area (Å²) in [5, 5.41) is 8.52. The molecule has 1 N–H and O–H groups in total. The van der Waals surface area contributed by atoms with Crippen molar-refractivity contribution in [2.45, 2.75) is 12.2 Å². The molecule has 1 aliphatic heterocycles. The van der Waals surface area contributed by atoms with Crippen molar-refractivity contribution < 1.29 is 23.4 Å². The third-order valence-corrected chi connectivity index (χ3v) is 2.41. The number of benzene rings is 1. The average molecular weight is 235 g/mol. The van der Waals surface area contributed by atoms with Gasteiger partial charge in [-0.3, -0.25) is 0 Å². The van der Waals surface area contributed by atoms with E-state index in [-0.39, 0.29) is 10.6 Å². The van der Waals surface area contributed by atoms with E-state index in [0.717, 1.165) is 12.1 Å². The van der Waals surface area contributed by atoms with Crippen molar-refractivity contribution in [2.75, 3.05) is 0 Å². The highest BCUT2D eigenvalue weighted by Crippen LogP contribution is 2.42. The maximum Gasteiger partial charge on any atom is 0.335 e. The van der Waals surface area contributed by atoms with Gasteiger partial charge in [-0.1, -0.05) is 11.6 Å². The van der Waals surface area contributed by atoms with Gasteiger partial charge in [0.05, 0.1) is 0 Å². The van der Waals surface area contributed by atoms with Gasteiger partial charge in [0.2, 0.25) is 0 Å². The Balaban J connectivity index is 2.31. The van der Waals surface area contributed by atoms with Gasteiger partial charge in [0.15, 0.2) is 17.7 Å². The number of hydrogen-bond donors (Lipinski definition) is 1. The van der Waals surface area contributed by atoms with E-state index in [1.165, 1.54) is 0 Å². The third-order valence-electron chi connectivity index (χ3n) is 2.08. The molecule has 1 fully saturated rings. The quantitative estimate of drug-likeness (QED) is 0.630. The molecule has 6 heteroatoms. The van der Waals surface area contributed by atoms with Crippen LogP contribution < -0.4 is 0 Å². The van der Waals surface area contributed by atoms with Gasteiger partial charge in [0.1, 0.15) is 6.10 Å². The molecule has 0 radical (unpaired) electrons. The molecule has 2 atom stereocenters. The molecule has 0 bridgehead atoms. The third kappa shape index (κ3) is 1.80. The van der Waals surface area contributed by atoms with E-state index in [1.807, 2.05) is 0 Å². The number of carbonyl (C=O) groups is 1. The summed E-state index contributed by atoms with van der Waals surface area (Å²) in [5.41, 5.74) is 0.156. The minimum Gasteiger partial charge on any atom is -0.479 e. The number of epoxide rings is 1. The summed E-state index contributed by atoms with van der Waals surface area (Å²) >= 11 is 5.63. The van der Waals surface area contributed by atoms with E-state index >= 15 is 0 Å². The molecular formula is C9H5ClF2O3. The van der Waals surface area contributed by atoms with Gasteiger partial charge in [-0.2, -0.15) is 0 Å². The van der Waals surface area contributed by atoms with Gasteiger partial charge in [0, 0.05) is 10.6 Å². The number of carboxylic acids is 1. The van der Waals surface area contributed by atoms with Gasteiger partial charge in [0.25, 0.3) is 0 Å². The van der Waals surface area contributed by atoms with Gasteiger partial charge in [-0.05, 0) is 12.1 Å². The second-order valence-corrected chi connectivity index (χ2v) is 3.51. The van der Waals surface area contributed by atoms with E-state index in [1.54, 1.807) is 0 Å². The molecule has 80 valence electrons. The Morgan fingerprint density at radius 3 is 2.53 bits per heavy atom. The van der Waals surface area contributed by atoms with E-state index < -0.39 is 29.8 Å². The van der Waals surface area contributed by atoms with E-state index in [4.69, 9.17) is 21.4 Å². The summed E-state index contributed by atoms with van der Waals surface area (Å²) in [4.78, 5) is 10.5. The number of rotatable bonds is 2. The molecule has 1 aliphatic rings. The molecule has 0 amide bonds. The van der Waals surface area contributed by atoms with Crippen molar-refractivity contribution in [1.82, 2.24) is 0 Å². The predicted octanol–water partition coefficient (Wildman–Crippen LogP) is 2.14. The normalized spacial score (nSPS) is 23.9. The zero-order chi connectivity index (χ0) is 11.2. The highest BCUT2D eigenvalue weighted by molar-refractivity contribution is 6.31. The van der Waals surface area contributed by atoms with Crippen LogP contribution in [0.1, 0.15) is 11.7 Å². The molecule has 0 unspecified atom stereocenters. The van der Waals surface area contributed by atoms with Crippen molar-refractivity contribution in [2.24, 2.45) is 0 Å². The Labute approximate surface area is 88.2 Å². The van der Waals surface area contributed by atoms with Crippen LogP contribution in [0.2, 0.25) is 5.02 Å². The van der Waals surface area contributed by atoms with Crippen LogP contribution in [-0.4, -0.2) is 17.2 Å². The minimum atomic E-state index is -1.15. The summed E-state index contributed by atoms with van der Waals surface area (Å²) in [6.45, 7) is 0. The van der Waals surface area contributed by atoms with Crippen LogP contribution in [-0.2, 0) is 9.53 Å². The molecule has 0 spiro atoms. The van der Waals surface area contributed by atoms with Crippen LogP contribution in [0, 0.1) is 11.6 Å². The first-order chi connectivity index (χ1) is 7.00. The first-order valence-corrected chi connectivity index (χ1v) is 4.41. The Hall–Kier alpha value is -1.20. The molecule has 0 aliphatic carbocycles. The number of ether oxygens (including phenoxy) is 1. The lowest BCUT2D eigenvalue weighted by Crippen LogP contribution is -2.05. The highest BCUT2D eigenvalue weighted by atomic mass is 35.5. The Bertz CT molecular complexity index is 436. The maximum atomic E-state index is 12.8. The summed E-state index contributed by atoms with van der Waals surface area (Å²) in [5.74, 6) is -3.30. The second-order valence-electron chi connectivity index (χ2n) is 3.10. The molecule has 1 aromatic rings. The van der Waals surface area contributed by atoms with Crippen molar-refractivity contribution in [3.8, 4) is 0 Å². The van der Waals surface area contributed by atoms with Crippen LogP contribution in [0.15, 0.2) is 12.1 Å². The molecular weight excluding hydrogens is 230 g/mol. The standard InChI is InChI=1S/C9H5ClF2O3/c10-4-2-6(12)5(11)1-3(4)7-8(15-7)9(13)14/h1-2,7-8H,(H,13,14)/t7-,8+/m1/s1. The van der Waals surface area contributed by atoms with E-state index in [0.29, 0.717) is 0 Å². The smallest absolute Gasteiger partial charge is 0.335 e. The molecule has 1 saturated heterocycles. The molecule has 15 heavy (non-hydrogen) atoms. The second kappa shape index (κ2) is 3.43. The predicted molar refractivity (Wildman–Crippen MR) is 46.6 cm³/mol. The lowest BCUT2D eigenvalue weighted by Gasteiger charge is -2.01. The average Bonchev–Trinajstić information content (AvgIpc) is 2.90. The van der Waals surface area contributed by atoms with Crippen molar-refractivity contribution >= 4 is 17.6 Å². The van der Waals surface area contributed by atoms with Gasteiger partial charge in [-0.15, -0.1) is 0 Å². The molecule has 3 nitrogen and oxygen atoms in total. The van der Waals surface area contributed by atoms with Crippen molar-refractivity contribution in [1.29, 1.82) is 0 Å². The summed E-state index contributed by atoms with van der Waals surface area (Å²) in [6.07, 6.45) is -1.81.